The number of carboxylic acids is 1. The van der Waals surface area contributed by atoms with Gasteiger partial charge in [0.2, 0.25) is 0 Å². The lowest BCUT2D eigenvalue weighted by Gasteiger charge is -2.10. The molecule has 0 fully saturated rings. The second-order valence-corrected chi connectivity index (χ2v) is 5.16. The van der Waals surface area contributed by atoms with E-state index >= 15 is 0 Å². The van der Waals surface area contributed by atoms with Gasteiger partial charge in [0.1, 0.15) is 5.75 Å². The molecule has 0 aliphatic heterocycles. The van der Waals surface area contributed by atoms with Gasteiger partial charge in [0.25, 0.3) is 0 Å². The Morgan fingerprint density at radius 3 is 2.68 bits per heavy atom. The van der Waals surface area contributed by atoms with E-state index in [0.29, 0.717) is 27.4 Å². The Kier molecular flexibility index (Phi) is 3.69. The maximum atomic E-state index is 11.6. The van der Waals surface area contributed by atoms with Crippen molar-refractivity contribution in [3.63, 3.8) is 0 Å². The predicted molar refractivity (Wildman–Crippen MR) is 85.7 cm³/mol. The second-order valence-electron chi connectivity index (χ2n) is 4.72. The number of methoxy groups -OCH3 is 1. The molecule has 2 aromatic carbocycles. The predicted octanol–water partition coefficient (Wildman–Crippen LogP) is 4.26. The number of benzene rings is 2. The number of fused-ring (bicyclic) bond motifs is 1. The Labute approximate surface area is 131 Å². The SMILES string of the molecule is COc1ccccc1-c1cc(C(=O)O)c2cc(Cl)ccc2n1. The normalized spacial score (nSPS) is 10.6. The van der Waals surface area contributed by atoms with Gasteiger partial charge in [-0.15, -0.1) is 0 Å². The maximum absolute atomic E-state index is 11.6. The molecule has 0 aliphatic carbocycles. The fourth-order valence-electron chi connectivity index (χ4n) is 2.37. The molecule has 0 amide bonds. The van der Waals surface area contributed by atoms with Gasteiger partial charge in [0, 0.05) is 16.0 Å². The molecule has 4 nitrogen and oxygen atoms in total. The van der Waals surface area contributed by atoms with E-state index in [-0.39, 0.29) is 5.56 Å². The number of hydrogen-bond acceptors (Lipinski definition) is 3. The van der Waals surface area contributed by atoms with Crippen molar-refractivity contribution in [3.8, 4) is 17.0 Å². The van der Waals surface area contributed by atoms with Gasteiger partial charge in [-0.3, -0.25) is 0 Å². The second kappa shape index (κ2) is 5.66. The Morgan fingerprint density at radius 1 is 1.18 bits per heavy atom. The summed E-state index contributed by atoms with van der Waals surface area (Å²) in [6.45, 7) is 0. The number of hydrogen-bond donors (Lipinski definition) is 1. The van der Waals surface area contributed by atoms with Crippen LogP contribution in [0.1, 0.15) is 10.4 Å². The molecule has 1 heterocycles. The van der Waals surface area contributed by atoms with E-state index in [0.717, 1.165) is 5.56 Å². The zero-order valence-electron chi connectivity index (χ0n) is 11.7. The Hall–Kier alpha value is -2.59. The minimum atomic E-state index is -1.02. The van der Waals surface area contributed by atoms with Crippen molar-refractivity contribution < 1.29 is 14.6 Å². The number of rotatable bonds is 3. The number of pyridine rings is 1. The number of nitrogens with zero attached hydrogens (tertiary/aromatic N) is 1. The van der Waals surface area contributed by atoms with Crippen LogP contribution in [0.15, 0.2) is 48.5 Å². The lowest BCUT2D eigenvalue weighted by molar-refractivity contribution is 0.0699. The Bertz CT molecular complexity index is 877. The largest absolute Gasteiger partial charge is 0.496 e. The van der Waals surface area contributed by atoms with Crippen LogP contribution in [0.4, 0.5) is 0 Å². The minimum Gasteiger partial charge on any atom is -0.496 e. The highest BCUT2D eigenvalue weighted by molar-refractivity contribution is 6.31. The molecule has 0 saturated carbocycles. The molecular weight excluding hydrogens is 302 g/mol. The van der Waals surface area contributed by atoms with E-state index in [2.05, 4.69) is 4.98 Å². The molecular formula is C17H12ClNO3. The van der Waals surface area contributed by atoms with Crippen molar-refractivity contribution in [2.24, 2.45) is 0 Å². The first-order valence-electron chi connectivity index (χ1n) is 6.57. The summed E-state index contributed by atoms with van der Waals surface area (Å²) in [5, 5.41) is 10.5. The highest BCUT2D eigenvalue weighted by Crippen LogP contribution is 2.32. The topological polar surface area (TPSA) is 59.4 Å². The molecule has 22 heavy (non-hydrogen) atoms. The molecule has 0 bridgehead atoms. The molecule has 1 N–H and O–H groups in total. The van der Waals surface area contributed by atoms with Gasteiger partial charge in [0.15, 0.2) is 0 Å². The lowest BCUT2D eigenvalue weighted by Crippen LogP contribution is -2.01. The third-order valence-corrected chi connectivity index (χ3v) is 3.62. The van der Waals surface area contributed by atoms with Crippen LogP contribution in [0.5, 0.6) is 5.75 Å². The van der Waals surface area contributed by atoms with Gasteiger partial charge < -0.3 is 9.84 Å². The molecule has 5 heteroatoms. The number of aromatic nitrogens is 1. The van der Waals surface area contributed by atoms with Crippen molar-refractivity contribution in [1.29, 1.82) is 0 Å². The lowest BCUT2D eigenvalue weighted by atomic mass is 10.0. The fraction of sp³-hybridized carbons (Fsp3) is 0.0588. The van der Waals surface area contributed by atoms with E-state index in [9.17, 15) is 9.90 Å². The van der Waals surface area contributed by atoms with Gasteiger partial charge >= 0.3 is 5.97 Å². The number of carbonyl (C=O) groups is 1. The third-order valence-electron chi connectivity index (χ3n) is 3.38. The minimum absolute atomic E-state index is 0.161. The Balaban J connectivity index is 2.32. The molecule has 0 atom stereocenters. The zero-order valence-corrected chi connectivity index (χ0v) is 12.5. The number of aromatic carboxylic acids is 1. The van der Waals surface area contributed by atoms with E-state index < -0.39 is 5.97 Å². The average molecular weight is 314 g/mol. The molecule has 3 rings (SSSR count). The van der Waals surface area contributed by atoms with Gasteiger partial charge in [-0.2, -0.15) is 0 Å². The summed E-state index contributed by atoms with van der Waals surface area (Å²) >= 11 is 5.96. The maximum Gasteiger partial charge on any atom is 0.336 e. The van der Waals surface area contributed by atoms with Crippen LogP contribution in [0.25, 0.3) is 22.2 Å². The van der Waals surface area contributed by atoms with Crippen LogP contribution >= 0.6 is 11.6 Å². The van der Waals surface area contributed by atoms with Gasteiger partial charge in [0.05, 0.1) is 23.9 Å². The summed E-state index contributed by atoms with van der Waals surface area (Å²) in [6.07, 6.45) is 0. The third kappa shape index (κ3) is 2.49. The summed E-state index contributed by atoms with van der Waals surface area (Å²) in [4.78, 5) is 16.1. The molecule has 0 unspecified atom stereocenters. The van der Waals surface area contributed by atoms with E-state index in [4.69, 9.17) is 16.3 Å². The van der Waals surface area contributed by atoms with Crippen molar-refractivity contribution in [2.75, 3.05) is 7.11 Å². The molecule has 3 aromatic rings. The quantitative estimate of drug-likeness (QED) is 0.784. The van der Waals surface area contributed by atoms with Crippen LogP contribution in [-0.4, -0.2) is 23.2 Å². The standard InChI is InChI=1S/C17H12ClNO3/c1-22-16-5-3-2-4-11(16)15-9-13(17(20)21)12-8-10(18)6-7-14(12)19-15/h2-9H,1H3,(H,20,21). The number of halogens is 1. The first-order valence-corrected chi connectivity index (χ1v) is 6.95. The highest BCUT2D eigenvalue weighted by atomic mass is 35.5. The summed E-state index contributed by atoms with van der Waals surface area (Å²) < 4.78 is 5.32. The first kappa shape index (κ1) is 14.4. The van der Waals surface area contributed by atoms with Crippen LogP contribution in [0, 0.1) is 0 Å². The molecule has 110 valence electrons. The summed E-state index contributed by atoms with van der Waals surface area (Å²) in [7, 11) is 1.57. The van der Waals surface area contributed by atoms with Crippen molar-refractivity contribution in [1.82, 2.24) is 4.98 Å². The Morgan fingerprint density at radius 2 is 1.95 bits per heavy atom. The van der Waals surface area contributed by atoms with Crippen molar-refractivity contribution in [2.45, 2.75) is 0 Å². The van der Waals surface area contributed by atoms with Crippen LogP contribution in [-0.2, 0) is 0 Å². The first-order chi connectivity index (χ1) is 10.6. The van der Waals surface area contributed by atoms with E-state index in [1.54, 1.807) is 31.4 Å². The molecule has 0 radical (unpaired) electrons. The number of carboxylic acid groups (broad SMARTS) is 1. The van der Waals surface area contributed by atoms with Crippen molar-refractivity contribution in [3.05, 3.63) is 59.1 Å². The smallest absolute Gasteiger partial charge is 0.336 e. The zero-order chi connectivity index (χ0) is 15.7. The summed E-state index contributed by atoms with van der Waals surface area (Å²) in [5.41, 5.74) is 2.02. The van der Waals surface area contributed by atoms with Gasteiger partial charge in [-0.25, -0.2) is 9.78 Å². The monoisotopic (exact) mass is 313 g/mol. The van der Waals surface area contributed by atoms with Gasteiger partial charge in [-0.1, -0.05) is 23.7 Å². The molecule has 0 saturated heterocycles. The van der Waals surface area contributed by atoms with Crippen molar-refractivity contribution >= 4 is 28.5 Å². The summed E-state index contributed by atoms with van der Waals surface area (Å²) in [5.74, 6) is -0.384. The van der Waals surface area contributed by atoms with E-state index in [1.165, 1.54) is 0 Å². The van der Waals surface area contributed by atoms with Crippen LogP contribution in [0.2, 0.25) is 5.02 Å². The molecule has 0 aliphatic rings. The number of ether oxygens (including phenoxy) is 1. The molecule has 1 aromatic heterocycles. The van der Waals surface area contributed by atoms with Gasteiger partial charge in [-0.05, 0) is 36.4 Å². The number of para-hydroxylation sites is 1. The molecule has 0 spiro atoms. The summed E-state index contributed by atoms with van der Waals surface area (Å²) in [6, 6.07) is 13.9. The van der Waals surface area contributed by atoms with E-state index in [1.807, 2.05) is 24.3 Å². The highest BCUT2D eigenvalue weighted by Gasteiger charge is 2.15. The average Bonchev–Trinajstić information content (AvgIpc) is 2.53. The fourth-order valence-corrected chi connectivity index (χ4v) is 2.54. The van der Waals surface area contributed by atoms with Crippen LogP contribution in [0.3, 0.4) is 0 Å². The van der Waals surface area contributed by atoms with Crippen LogP contribution < -0.4 is 4.74 Å².